The summed E-state index contributed by atoms with van der Waals surface area (Å²) in [7, 11) is 2.51. The molecule has 2 unspecified atom stereocenters. The van der Waals surface area contributed by atoms with Crippen LogP contribution in [0.2, 0.25) is 0 Å². The molecule has 1 aliphatic rings. The highest BCUT2D eigenvalue weighted by atomic mass is 16.6. The lowest BCUT2D eigenvalue weighted by Crippen LogP contribution is -2.48. The lowest BCUT2D eigenvalue weighted by Gasteiger charge is -2.34. The summed E-state index contributed by atoms with van der Waals surface area (Å²) in [6.07, 6.45) is 32.3. The number of unbranched alkanes of at least 4 members (excludes halogenated alkanes) is 20. The molecule has 0 aromatic carbocycles. The monoisotopic (exact) mass is 452 g/mol. The van der Waals surface area contributed by atoms with Crippen LogP contribution in [-0.2, 0) is 4.74 Å². The van der Waals surface area contributed by atoms with Crippen molar-refractivity contribution in [3.05, 3.63) is 0 Å². The van der Waals surface area contributed by atoms with Gasteiger partial charge in [0.05, 0.1) is 26.7 Å². The fourth-order valence-electron chi connectivity index (χ4n) is 5.27. The molecule has 0 spiro atoms. The molecule has 2 atom stereocenters. The second-order valence-corrected chi connectivity index (χ2v) is 11.3. The van der Waals surface area contributed by atoms with Crippen LogP contribution in [0, 0.1) is 0 Å². The van der Waals surface area contributed by atoms with Crippen molar-refractivity contribution in [1.82, 2.24) is 0 Å². The first-order valence-electron chi connectivity index (χ1n) is 15.2. The molecule has 0 N–H and O–H groups in total. The third-order valence-corrected chi connectivity index (χ3v) is 7.65. The Morgan fingerprint density at radius 2 is 0.781 bits per heavy atom. The van der Waals surface area contributed by atoms with Gasteiger partial charge in [0, 0.05) is 0 Å². The van der Waals surface area contributed by atoms with Crippen LogP contribution in [0.4, 0.5) is 0 Å². The summed E-state index contributed by atoms with van der Waals surface area (Å²) in [4.78, 5) is 0. The summed E-state index contributed by atoms with van der Waals surface area (Å²) in [5.41, 5.74) is 0. The zero-order valence-corrected chi connectivity index (χ0v) is 22.8. The fourth-order valence-corrected chi connectivity index (χ4v) is 5.27. The first-order chi connectivity index (χ1) is 15.7. The second kappa shape index (κ2) is 21.5. The van der Waals surface area contributed by atoms with Gasteiger partial charge in [-0.2, -0.15) is 0 Å². The van der Waals surface area contributed by atoms with Gasteiger partial charge < -0.3 is 9.22 Å². The highest BCUT2D eigenvalue weighted by Gasteiger charge is 2.33. The molecule has 0 saturated carbocycles. The number of quaternary nitrogens is 1. The minimum atomic E-state index is 0.570. The van der Waals surface area contributed by atoms with Crippen LogP contribution in [0.15, 0.2) is 0 Å². The zero-order chi connectivity index (χ0) is 23.2. The Kier molecular flexibility index (Phi) is 20.1. The van der Waals surface area contributed by atoms with E-state index < -0.39 is 0 Å². The van der Waals surface area contributed by atoms with Gasteiger partial charge in [-0.1, -0.05) is 129 Å². The number of hydrogen-bond acceptors (Lipinski definition) is 1. The van der Waals surface area contributed by atoms with Gasteiger partial charge in [-0.05, 0) is 25.7 Å². The van der Waals surface area contributed by atoms with Crippen LogP contribution < -0.4 is 0 Å². The number of rotatable bonds is 26. The molecule has 1 aliphatic heterocycles. The summed E-state index contributed by atoms with van der Waals surface area (Å²) >= 11 is 0. The summed E-state index contributed by atoms with van der Waals surface area (Å²) in [5.74, 6) is 0. The predicted octanol–water partition coefficient (Wildman–Crippen LogP) is 9.45. The second-order valence-electron chi connectivity index (χ2n) is 11.3. The third kappa shape index (κ3) is 19.4. The molecule has 1 fully saturated rings. The SMILES string of the molecule is CCCCCCCCCCCCCC[N+](C)(CCCCCCCCCCCC)CC1CO1. The van der Waals surface area contributed by atoms with Crippen molar-refractivity contribution in [2.45, 2.75) is 161 Å². The normalized spacial score (nSPS) is 17.5. The van der Waals surface area contributed by atoms with Gasteiger partial charge in [-0.25, -0.2) is 0 Å². The van der Waals surface area contributed by atoms with Crippen LogP contribution >= 0.6 is 0 Å². The molecule has 0 aromatic heterocycles. The smallest absolute Gasteiger partial charge is 0.130 e. The highest BCUT2D eigenvalue weighted by molar-refractivity contribution is 4.68. The Bertz CT molecular complexity index is 381. The Balaban J connectivity index is 1.97. The van der Waals surface area contributed by atoms with E-state index in [-0.39, 0.29) is 0 Å². The molecule has 0 aliphatic carbocycles. The molecule has 0 amide bonds. The number of likely N-dealkylation sites (N-methyl/N-ethyl adjacent to an activating group) is 1. The quantitative estimate of drug-likeness (QED) is 0.0723. The van der Waals surface area contributed by atoms with E-state index in [0.29, 0.717) is 6.10 Å². The van der Waals surface area contributed by atoms with E-state index in [9.17, 15) is 0 Å². The molecular weight excluding hydrogens is 390 g/mol. The predicted molar refractivity (Wildman–Crippen MR) is 143 cm³/mol. The van der Waals surface area contributed by atoms with Crippen molar-refractivity contribution in [2.24, 2.45) is 0 Å². The van der Waals surface area contributed by atoms with E-state index in [2.05, 4.69) is 20.9 Å². The van der Waals surface area contributed by atoms with E-state index in [0.717, 1.165) is 6.61 Å². The molecule has 0 radical (unpaired) electrons. The largest absolute Gasteiger partial charge is 0.367 e. The van der Waals surface area contributed by atoms with E-state index in [1.165, 1.54) is 165 Å². The van der Waals surface area contributed by atoms with Crippen molar-refractivity contribution in [2.75, 3.05) is 33.3 Å². The Hall–Kier alpha value is -0.0800. The lowest BCUT2D eigenvalue weighted by molar-refractivity contribution is -0.910. The summed E-state index contributed by atoms with van der Waals surface area (Å²) in [6.45, 7) is 9.63. The van der Waals surface area contributed by atoms with Crippen molar-refractivity contribution in [3.63, 3.8) is 0 Å². The molecule has 0 bridgehead atoms. The van der Waals surface area contributed by atoms with E-state index in [1.54, 1.807) is 0 Å². The molecule has 192 valence electrons. The fraction of sp³-hybridized carbons (Fsp3) is 1.00. The maximum atomic E-state index is 5.60. The Morgan fingerprint density at radius 1 is 0.500 bits per heavy atom. The molecule has 1 saturated heterocycles. The van der Waals surface area contributed by atoms with Crippen LogP contribution in [0.1, 0.15) is 155 Å². The van der Waals surface area contributed by atoms with Crippen LogP contribution in [0.5, 0.6) is 0 Å². The van der Waals surface area contributed by atoms with Crippen LogP contribution in [0.25, 0.3) is 0 Å². The van der Waals surface area contributed by atoms with E-state index in [4.69, 9.17) is 4.74 Å². The maximum Gasteiger partial charge on any atom is 0.130 e. The lowest BCUT2D eigenvalue weighted by atomic mass is 10.0. The topological polar surface area (TPSA) is 12.5 Å². The summed E-state index contributed by atoms with van der Waals surface area (Å²) < 4.78 is 6.86. The maximum absolute atomic E-state index is 5.60. The molecular formula is C30H62NO+. The van der Waals surface area contributed by atoms with Crippen molar-refractivity contribution < 1.29 is 9.22 Å². The molecule has 1 heterocycles. The average molecular weight is 453 g/mol. The minimum absolute atomic E-state index is 0.570. The van der Waals surface area contributed by atoms with Gasteiger partial charge in [-0.3, -0.25) is 0 Å². The van der Waals surface area contributed by atoms with Gasteiger partial charge >= 0.3 is 0 Å². The van der Waals surface area contributed by atoms with Gasteiger partial charge in [0.15, 0.2) is 0 Å². The summed E-state index contributed by atoms with van der Waals surface area (Å²) in [6, 6.07) is 0. The Morgan fingerprint density at radius 3 is 1.06 bits per heavy atom. The first kappa shape index (κ1) is 30.0. The van der Waals surface area contributed by atoms with Crippen molar-refractivity contribution in [1.29, 1.82) is 0 Å². The van der Waals surface area contributed by atoms with E-state index in [1.807, 2.05) is 0 Å². The van der Waals surface area contributed by atoms with Gasteiger partial charge in [0.2, 0.25) is 0 Å². The highest BCUT2D eigenvalue weighted by Crippen LogP contribution is 2.20. The first-order valence-corrected chi connectivity index (χ1v) is 15.2. The number of epoxide rings is 1. The Labute approximate surface area is 203 Å². The number of nitrogens with zero attached hydrogens (tertiary/aromatic N) is 1. The molecule has 1 rings (SSSR count). The molecule has 2 nitrogen and oxygen atoms in total. The molecule has 0 aromatic rings. The van der Waals surface area contributed by atoms with Gasteiger partial charge in [0.25, 0.3) is 0 Å². The summed E-state index contributed by atoms with van der Waals surface area (Å²) in [5, 5.41) is 0. The molecule has 2 heteroatoms. The third-order valence-electron chi connectivity index (χ3n) is 7.65. The average Bonchev–Trinajstić information content (AvgIpc) is 3.59. The van der Waals surface area contributed by atoms with Crippen molar-refractivity contribution in [3.8, 4) is 0 Å². The standard InChI is InChI=1S/C30H62NO/c1-4-6-8-10-12-14-16-17-19-21-23-25-27-31(3,28-30-29-32-30)26-24-22-20-18-15-13-11-9-7-5-2/h30H,4-29H2,1-3H3/q+1. The van der Waals surface area contributed by atoms with Crippen molar-refractivity contribution >= 4 is 0 Å². The van der Waals surface area contributed by atoms with E-state index >= 15 is 0 Å². The minimum Gasteiger partial charge on any atom is -0.367 e. The molecule has 32 heavy (non-hydrogen) atoms. The number of hydrogen-bond donors (Lipinski definition) is 0. The van der Waals surface area contributed by atoms with Gasteiger partial charge in [0.1, 0.15) is 12.6 Å². The van der Waals surface area contributed by atoms with Crippen LogP contribution in [-0.4, -0.2) is 43.9 Å². The van der Waals surface area contributed by atoms with Crippen LogP contribution in [0.3, 0.4) is 0 Å². The van der Waals surface area contributed by atoms with Gasteiger partial charge in [-0.15, -0.1) is 0 Å². The number of ether oxygens (including phenoxy) is 1. The zero-order valence-electron chi connectivity index (χ0n) is 22.8.